The van der Waals surface area contributed by atoms with Gasteiger partial charge in [0.15, 0.2) is 17.5 Å². The third kappa shape index (κ3) is 5.04. The molecule has 0 N–H and O–H groups in total. The van der Waals surface area contributed by atoms with E-state index in [2.05, 4.69) is 126 Å². The second-order valence-electron chi connectivity index (χ2n) is 14.4. The predicted molar refractivity (Wildman–Crippen MR) is 236 cm³/mol. The van der Waals surface area contributed by atoms with Crippen molar-refractivity contribution in [2.24, 2.45) is 0 Å². The van der Waals surface area contributed by atoms with Crippen molar-refractivity contribution < 1.29 is 4.42 Å². The van der Waals surface area contributed by atoms with Crippen molar-refractivity contribution >= 4 is 75.3 Å². The largest absolute Gasteiger partial charge is 0.456 e. The number of nitrogens with zero attached hydrogens (tertiary/aromatic N) is 4. The highest BCUT2D eigenvalue weighted by molar-refractivity contribution is 7.26. The van der Waals surface area contributed by atoms with Gasteiger partial charge in [0.05, 0.1) is 11.0 Å². The van der Waals surface area contributed by atoms with Gasteiger partial charge in [-0.15, -0.1) is 11.3 Å². The first kappa shape index (κ1) is 31.9. The van der Waals surface area contributed by atoms with Gasteiger partial charge < -0.3 is 8.98 Å². The Morgan fingerprint density at radius 1 is 0.404 bits per heavy atom. The first-order chi connectivity index (χ1) is 28.2. The van der Waals surface area contributed by atoms with Crippen LogP contribution in [0, 0.1) is 0 Å². The Bertz CT molecular complexity index is 3420. The van der Waals surface area contributed by atoms with E-state index < -0.39 is 0 Å². The molecule has 0 saturated carbocycles. The molecule has 0 unspecified atom stereocenters. The molecule has 266 valence electrons. The summed E-state index contributed by atoms with van der Waals surface area (Å²) in [5.41, 5.74) is 10.4. The zero-order valence-corrected chi connectivity index (χ0v) is 31.2. The summed E-state index contributed by atoms with van der Waals surface area (Å²) in [4.78, 5) is 15.1. The molecule has 4 aromatic heterocycles. The number of benzene rings is 8. The first-order valence-electron chi connectivity index (χ1n) is 19.0. The number of furan rings is 1. The number of fused-ring (bicyclic) bond motifs is 9. The molecule has 5 nitrogen and oxygen atoms in total. The molecule has 6 heteroatoms. The molecule has 0 spiro atoms. The van der Waals surface area contributed by atoms with Crippen LogP contribution in [0.2, 0.25) is 0 Å². The number of thiophene rings is 1. The van der Waals surface area contributed by atoms with E-state index in [0.29, 0.717) is 17.5 Å². The lowest BCUT2D eigenvalue weighted by molar-refractivity contribution is 0.669. The quantitative estimate of drug-likeness (QED) is 0.176. The van der Waals surface area contributed by atoms with Crippen LogP contribution < -0.4 is 0 Å². The lowest BCUT2D eigenvalue weighted by Crippen LogP contribution is -2.00. The highest BCUT2D eigenvalue weighted by Gasteiger charge is 2.19. The number of aromatic nitrogens is 4. The van der Waals surface area contributed by atoms with Crippen LogP contribution in [0.1, 0.15) is 0 Å². The van der Waals surface area contributed by atoms with Gasteiger partial charge in [-0.05, 0) is 65.7 Å². The summed E-state index contributed by atoms with van der Waals surface area (Å²) >= 11 is 1.78. The summed E-state index contributed by atoms with van der Waals surface area (Å²) < 4.78 is 11.2. The van der Waals surface area contributed by atoms with Gasteiger partial charge in [0.2, 0.25) is 0 Å². The Balaban J connectivity index is 1.02. The van der Waals surface area contributed by atoms with E-state index in [1.807, 2.05) is 60.7 Å². The van der Waals surface area contributed by atoms with Gasteiger partial charge in [-0.3, -0.25) is 0 Å². The molecule has 0 radical (unpaired) electrons. The minimum absolute atomic E-state index is 0.654. The normalized spacial score (nSPS) is 11.9. The van der Waals surface area contributed by atoms with Gasteiger partial charge in [-0.1, -0.05) is 127 Å². The number of hydrogen-bond donors (Lipinski definition) is 0. The number of para-hydroxylation sites is 2. The number of rotatable bonds is 5. The third-order valence-corrected chi connectivity index (χ3v) is 12.3. The zero-order chi connectivity index (χ0) is 37.5. The Morgan fingerprint density at radius 3 is 1.74 bits per heavy atom. The highest BCUT2D eigenvalue weighted by atomic mass is 32.1. The minimum Gasteiger partial charge on any atom is -0.456 e. The van der Waals surface area contributed by atoms with Crippen molar-refractivity contribution in [1.82, 2.24) is 19.5 Å². The van der Waals surface area contributed by atoms with E-state index in [4.69, 9.17) is 19.4 Å². The molecule has 0 fully saturated rings. The molecular weight excluding hydrogens is 717 g/mol. The van der Waals surface area contributed by atoms with Crippen LogP contribution >= 0.6 is 11.3 Å². The van der Waals surface area contributed by atoms with Crippen molar-refractivity contribution in [1.29, 1.82) is 0 Å². The van der Waals surface area contributed by atoms with Crippen LogP contribution in [0.3, 0.4) is 0 Å². The molecule has 57 heavy (non-hydrogen) atoms. The van der Waals surface area contributed by atoms with Crippen molar-refractivity contribution in [2.45, 2.75) is 0 Å². The lowest BCUT2D eigenvalue weighted by atomic mass is 9.97. The van der Waals surface area contributed by atoms with Gasteiger partial charge in [0.1, 0.15) is 11.2 Å². The molecule has 0 aliphatic heterocycles. The van der Waals surface area contributed by atoms with Crippen molar-refractivity contribution in [3.8, 4) is 51.0 Å². The highest BCUT2D eigenvalue weighted by Crippen LogP contribution is 2.44. The van der Waals surface area contributed by atoms with Gasteiger partial charge in [0.25, 0.3) is 0 Å². The van der Waals surface area contributed by atoms with Gasteiger partial charge in [-0.2, -0.15) is 0 Å². The summed E-state index contributed by atoms with van der Waals surface area (Å²) in [6, 6.07) is 63.8. The molecule has 0 bridgehead atoms. The average Bonchev–Trinajstić information content (AvgIpc) is 3.96. The average molecular weight is 747 g/mol. The molecule has 0 amide bonds. The minimum atomic E-state index is 0.654. The topological polar surface area (TPSA) is 56.7 Å². The van der Waals surface area contributed by atoms with Crippen LogP contribution in [0.15, 0.2) is 186 Å². The van der Waals surface area contributed by atoms with Gasteiger partial charge in [0, 0.05) is 64.1 Å². The molecule has 4 heterocycles. The molecule has 0 aliphatic rings. The Labute approximate surface area is 330 Å². The maximum Gasteiger partial charge on any atom is 0.165 e. The smallest absolute Gasteiger partial charge is 0.165 e. The summed E-state index contributed by atoms with van der Waals surface area (Å²) in [5.74, 6) is 1.97. The Morgan fingerprint density at radius 2 is 1.02 bits per heavy atom. The predicted octanol–water partition coefficient (Wildman–Crippen LogP) is 13.9. The molecule has 12 rings (SSSR count). The van der Waals surface area contributed by atoms with Gasteiger partial charge >= 0.3 is 0 Å². The first-order valence-corrected chi connectivity index (χ1v) is 19.8. The second-order valence-corrected chi connectivity index (χ2v) is 15.4. The molecule has 8 aromatic carbocycles. The molecule has 0 saturated heterocycles. The van der Waals surface area contributed by atoms with Crippen molar-refractivity contribution in [2.75, 3.05) is 0 Å². The van der Waals surface area contributed by atoms with E-state index >= 15 is 0 Å². The van der Waals surface area contributed by atoms with Crippen LogP contribution in [-0.2, 0) is 0 Å². The van der Waals surface area contributed by atoms with Crippen LogP contribution in [0.5, 0.6) is 0 Å². The van der Waals surface area contributed by atoms with E-state index in [0.717, 1.165) is 60.1 Å². The van der Waals surface area contributed by atoms with Crippen LogP contribution in [0.4, 0.5) is 0 Å². The maximum absolute atomic E-state index is 6.53. The van der Waals surface area contributed by atoms with E-state index in [9.17, 15) is 0 Å². The van der Waals surface area contributed by atoms with E-state index in [-0.39, 0.29) is 0 Å². The summed E-state index contributed by atoms with van der Waals surface area (Å²) in [6.07, 6.45) is 0. The van der Waals surface area contributed by atoms with Crippen molar-refractivity contribution in [3.05, 3.63) is 182 Å². The second kappa shape index (κ2) is 12.6. The fourth-order valence-electron chi connectivity index (χ4n) is 8.47. The van der Waals surface area contributed by atoms with Crippen LogP contribution in [0.25, 0.3) is 115 Å². The molecule has 0 atom stereocenters. The number of hydrogen-bond acceptors (Lipinski definition) is 5. The van der Waals surface area contributed by atoms with E-state index in [1.165, 1.54) is 37.3 Å². The zero-order valence-electron chi connectivity index (χ0n) is 30.4. The van der Waals surface area contributed by atoms with Gasteiger partial charge in [-0.25, -0.2) is 15.0 Å². The summed E-state index contributed by atoms with van der Waals surface area (Å²) in [7, 11) is 0. The van der Waals surface area contributed by atoms with E-state index in [1.54, 1.807) is 11.3 Å². The summed E-state index contributed by atoms with van der Waals surface area (Å²) in [6.45, 7) is 0. The Kier molecular flexibility index (Phi) is 7.03. The third-order valence-electron chi connectivity index (χ3n) is 11.1. The molecule has 12 aromatic rings. The molecule has 0 aliphatic carbocycles. The summed E-state index contributed by atoms with van der Waals surface area (Å²) in [5, 5.41) is 7.07. The molecular formula is C51H30N4OS. The fourth-order valence-corrected chi connectivity index (χ4v) is 9.66. The maximum atomic E-state index is 6.53. The fraction of sp³-hybridized carbons (Fsp3) is 0. The van der Waals surface area contributed by atoms with Crippen molar-refractivity contribution in [3.63, 3.8) is 0 Å². The SMILES string of the molecule is c1ccc(-c2nc(-c3ccccc3)nc(-c3cccc4c3sc3ccc(-c5cccc6oc7ccc(-n8c9ccccc9c9ccccc98)cc7c56)cc34)n2)cc1. The monoisotopic (exact) mass is 746 g/mol. The standard InChI is InChI=1S/C51H30N4OS/c1-3-13-31(14-4-1)49-52-50(32-15-5-2-6-16-32)54-51(53-49)39-21-11-20-38-40-29-33(25-28-46(40)57-48(38)39)35-19-12-24-45-47(35)41-30-34(26-27-44(41)56-45)55-42-22-9-7-17-36(42)37-18-8-10-23-43(37)55/h1-30H. The van der Waals surface area contributed by atoms with Crippen LogP contribution in [-0.4, -0.2) is 19.5 Å². The Hall–Kier alpha value is -7.41. The lowest BCUT2D eigenvalue weighted by Gasteiger charge is -2.09.